The fraction of sp³-hybridized carbons (Fsp3) is 0.727. The summed E-state index contributed by atoms with van der Waals surface area (Å²) < 4.78 is 0. The van der Waals surface area contributed by atoms with E-state index in [2.05, 4.69) is 9.88 Å². The van der Waals surface area contributed by atoms with E-state index < -0.39 is 0 Å². The molecule has 0 aromatic carbocycles. The summed E-state index contributed by atoms with van der Waals surface area (Å²) in [5, 5.41) is 10.7. The van der Waals surface area contributed by atoms with Crippen molar-refractivity contribution in [3.63, 3.8) is 0 Å². The van der Waals surface area contributed by atoms with E-state index in [1.54, 1.807) is 18.3 Å². The molecule has 2 rings (SSSR count). The van der Waals surface area contributed by atoms with Crippen LogP contribution in [0.15, 0.2) is 0 Å². The van der Waals surface area contributed by atoms with Crippen LogP contribution < -0.4 is 4.90 Å². The number of aliphatic hydroxyl groups is 1. The summed E-state index contributed by atoms with van der Waals surface area (Å²) in [5.74, 6) is 0. The summed E-state index contributed by atoms with van der Waals surface area (Å²) >= 11 is 1.64. The van der Waals surface area contributed by atoms with Gasteiger partial charge in [-0.15, -0.1) is 0 Å². The zero-order valence-electron chi connectivity index (χ0n) is 9.36. The first-order valence-corrected chi connectivity index (χ1v) is 6.40. The monoisotopic (exact) mass is 226 g/mol. The number of hydrogen-bond donors (Lipinski definition) is 1. The Bertz CT molecular complexity index is 329. The predicted octanol–water partition coefficient (Wildman–Crippen LogP) is 2.50. The quantitative estimate of drug-likeness (QED) is 0.841. The smallest absolute Gasteiger partial charge is 0.185 e. The molecular weight excluding hydrogens is 208 g/mol. The second kappa shape index (κ2) is 4.49. The molecular formula is C11H18N2OS. The number of thiazole rings is 1. The summed E-state index contributed by atoms with van der Waals surface area (Å²) in [7, 11) is 0. The highest BCUT2D eigenvalue weighted by atomic mass is 32.1. The Morgan fingerprint density at radius 3 is 2.53 bits per heavy atom. The van der Waals surface area contributed by atoms with E-state index in [1.165, 1.54) is 19.3 Å². The first-order chi connectivity index (χ1) is 7.18. The Morgan fingerprint density at radius 1 is 1.33 bits per heavy atom. The molecule has 1 atom stereocenters. The largest absolute Gasteiger partial charge is 0.388 e. The van der Waals surface area contributed by atoms with Crippen molar-refractivity contribution in [3.8, 4) is 0 Å². The van der Waals surface area contributed by atoms with Crippen molar-refractivity contribution in [2.24, 2.45) is 0 Å². The van der Waals surface area contributed by atoms with Crippen LogP contribution >= 0.6 is 11.3 Å². The lowest BCUT2D eigenvalue weighted by atomic mass is 10.1. The van der Waals surface area contributed by atoms with Gasteiger partial charge in [-0.05, 0) is 33.1 Å². The van der Waals surface area contributed by atoms with Crippen molar-refractivity contribution in [1.82, 2.24) is 4.98 Å². The minimum Gasteiger partial charge on any atom is -0.388 e. The Morgan fingerprint density at radius 2 is 2.00 bits per heavy atom. The molecule has 1 saturated heterocycles. The van der Waals surface area contributed by atoms with Crippen molar-refractivity contribution in [2.75, 3.05) is 18.0 Å². The standard InChI is InChI=1S/C11H18N2OS/c1-8-10(9(2)14)15-11(12-8)13-6-4-3-5-7-13/h9,14H,3-7H2,1-2H3/t9-/m1/s1. The van der Waals surface area contributed by atoms with E-state index in [1.807, 2.05) is 6.92 Å². The predicted molar refractivity (Wildman–Crippen MR) is 63.5 cm³/mol. The molecule has 1 aliphatic rings. The summed E-state index contributed by atoms with van der Waals surface area (Å²) in [6.07, 6.45) is 3.48. The molecule has 1 aliphatic heterocycles. The average Bonchev–Trinajstić information content (AvgIpc) is 2.62. The molecule has 1 aromatic rings. The number of aryl methyl sites for hydroxylation is 1. The molecule has 4 heteroatoms. The highest BCUT2D eigenvalue weighted by Crippen LogP contribution is 2.31. The lowest BCUT2D eigenvalue weighted by molar-refractivity contribution is 0.202. The molecule has 3 nitrogen and oxygen atoms in total. The second-order valence-corrected chi connectivity index (χ2v) is 5.18. The molecule has 1 N–H and O–H groups in total. The van der Waals surface area contributed by atoms with Gasteiger partial charge >= 0.3 is 0 Å². The van der Waals surface area contributed by atoms with Crippen LogP contribution in [0.2, 0.25) is 0 Å². The fourth-order valence-electron chi connectivity index (χ4n) is 2.00. The summed E-state index contributed by atoms with van der Waals surface area (Å²) in [4.78, 5) is 7.89. The van der Waals surface area contributed by atoms with E-state index in [0.29, 0.717) is 0 Å². The Labute approximate surface area is 94.8 Å². The van der Waals surface area contributed by atoms with Crippen LogP contribution in [0, 0.1) is 6.92 Å². The first-order valence-electron chi connectivity index (χ1n) is 5.59. The number of nitrogens with zero attached hydrogens (tertiary/aromatic N) is 2. The molecule has 0 amide bonds. The Kier molecular flexibility index (Phi) is 3.26. The lowest BCUT2D eigenvalue weighted by Crippen LogP contribution is -2.29. The minimum atomic E-state index is -0.388. The number of aliphatic hydroxyl groups excluding tert-OH is 1. The molecule has 0 bridgehead atoms. The molecule has 0 unspecified atom stereocenters. The van der Waals surface area contributed by atoms with Gasteiger partial charge in [0.15, 0.2) is 5.13 Å². The topological polar surface area (TPSA) is 36.4 Å². The zero-order valence-corrected chi connectivity index (χ0v) is 10.2. The van der Waals surface area contributed by atoms with Gasteiger partial charge in [-0.3, -0.25) is 0 Å². The normalized spacial score (nSPS) is 19.3. The zero-order chi connectivity index (χ0) is 10.8. The van der Waals surface area contributed by atoms with Gasteiger partial charge in [-0.2, -0.15) is 0 Å². The maximum atomic E-state index is 9.57. The van der Waals surface area contributed by atoms with Gasteiger partial charge < -0.3 is 10.0 Å². The van der Waals surface area contributed by atoms with Gasteiger partial charge in [0.1, 0.15) is 0 Å². The number of hydrogen-bond acceptors (Lipinski definition) is 4. The number of aromatic nitrogens is 1. The van der Waals surface area contributed by atoms with Crippen LogP contribution in [0.5, 0.6) is 0 Å². The summed E-state index contributed by atoms with van der Waals surface area (Å²) in [6, 6.07) is 0. The molecule has 1 fully saturated rings. The van der Waals surface area contributed by atoms with Crippen molar-refractivity contribution in [1.29, 1.82) is 0 Å². The minimum absolute atomic E-state index is 0.388. The van der Waals surface area contributed by atoms with Crippen LogP contribution in [0.3, 0.4) is 0 Å². The molecule has 2 heterocycles. The third kappa shape index (κ3) is 2.32. The fourth-order valence-corrected chi connectivity index (χ4v) is 3.06. The molecule has 0 spiro atoms. The lowest BCUT2D eigenvalue weighted by Gasteiger charge is -2.25. The third-order valence-electron chi connectivity index (χ3n) is 2.83. The summed E-state index contributed by atoms with van der Waals surface area (Å²) in [6.45, 7) is 6.02. The van der Waals surface area contributed by atoms with Crippen molar-refractivity contribution < 1.29 is 5.11 Å². The van der Waals surface area contributed by atoms with Gasteiger partial charge in [0.05, 0.1) is 16.7 Å². The number of piperidine rings is 1. The van der Waals surface area contributed by atoms with Crippen LogP contribution in [-0.2, 0) is 0 Å². The molecule has 0 saturated carbocycles. The SMILES string of the molecule is Cc1nc(N2CCCCC2)sc1[C@@H](C)O. The number of rotatable bonds is 2. The van der Waals surface area contributed by atoms with E-state index in [4.69, 9.17) is 0 Å². The molecule has 1 aromatic heterocycles. The first kappa shape index (κ1) is 10.9. The molecule has 0 radical (unpaired) electrons. The van der Waals surface area contributed by atoms with Gasteiger partial charge in [0.2, 0.25) is 0 Å². The highest BCUT2D eigenvalue weighted by Gasteiger charge is 2.18. The highest BCUT2D eigenvalue weighted by molar-refractivity contribution is 7.15. The maximum absolute atomic E-state index is 9.57. The van der Waals surface area contributed by atoms with E-state index in [9.17, 15) is 5.11 Å². The van der Waals surface area contributed by atoms with Crippen molar-refractivity contribution in [3.05, 3.63) is 10.6 Å². The van der Waals surface area contributed by atoms with Gasteiger partial charge in [-0.25, -0.2) is 4.98 Å². The second-order valence-electron chi connectivity index (χ2n) is 4.17. The van der Waals surface area contributed by atoms with Crippen molar-refractivity contribution in [2.45, 2.75) is 39.2 Å². The van der Waals surface area contributed by atoms with Gasteiger partial charge in [0.25, 0.3) is 0 Å². The molecule has 84 valence electrons. The van der Waals surface area contributed by atoms with E-state index in [-0.39, 0.29) is 6.10 Å². The average molecular weight is 226 g/mol. The third-order valence-corrected chi connectivity index (χ3v) is 4.22. The Hall–Kier alpha value is -0.610. The van der Waals surface area contributed by atoms with Crippen LogP contribution in [0.25, 0.3) is 0 Å². The summed E-state index contributed by atoms with van der Waals surface area (Å²) in [5.41, 5.74) is 0.982. The van der Waals surface area contributed by atoms with Crippen molar-refractivity contribution >= 4 is 16.5 Å². The number of anilines is 1. The van der Waals surface area contributed by atoms with Gasteiger partial charge in [0, 0.05) is 13.1 Å². The maximum Gasteiger partial charge on any atom is 0.185 e. The van der Waals surface area contributed by atoms with E-state index >= 15 is 0 Å². The van der Waals surface area contributed by atoms with Crippen LogP contribution in [-0.4, -0.2) is 23.2 Å². The van der Waals surface area contributed by atoms with E-state index in [0.717, 1.165) is 28.8 Å². The molecule has 15 heavy (non-hydrogen) atoms. The van der Waals surface area contributed by atoms with Crippen LogP contribution in [0.4, 0.5) is 5.13 Å². The van der Waals surface area contributed by atoms with Gasteiger partial charge in [-0.1, -0.05) is 11.3 Å². The Balaban J connectivity index is 2.17. The van der Waals surface area contributed by atoms with Crippen LogP contribution in [0.1, 0.15) is 42.9 Å². The molecule has 0 aliphatic carbocycles.